The summed E-state index contributed by atoms with van der Waals surface area (Å²) in [5, 5.41) is 3.30. The Hall–Kier alpha value is 0.0200. The van der Waals surface area contributed by atoms with Crippen molar-refractivity contribution in [1.29, 1.82) is 0 Å². The highest BCUT2D eigenvalue weighted by molar-refractivity contribution is 9.13. The molecule has 0 spiro atoms. The van der Waals surface area contributed by atoms with E-state index >= 15 is 0 Å². The minimum atomic E-state index is -0.0631. The highest BCUT2D eigenvalue weighted by Crippen LogP contribution is 2.39. The summed E-state index contributed by atoms with van der Waals surface area (Å²) >= 11 is 12.3. The smallest absolute Gasteiger partial charge is 0.172 e. The Labute approximate surface area is 154 Å². The molecule has 0 aliphatic carbocycles. The number of thiophene rings is 1. The maximum Gasteiger partial charge on any atom is 0.172 e. The maximum absolute atomic E-state index is 4.78. The molecule has 0 saturated carbocycles. The molecular weight excluding hydrogens is 482 g/mol. The van der Waals surface area contributed by atoms with Gasteiger partial charge < -0.3 is 5.32 Å². The van der Waals surface area contributed by atoms with Crippen LogP contribution in [0.3, 0.4) is 0 Å². The molecule has 0 unspecified atom stereocenters. The molecule has 0 radical (unpaired) electrons. The standard InChI is InChI=1S/C14H16Br3N3S/c1-5-18-13-9(16)10(14(2,3)4)19-12(20-13)8-6-7(15)11(17)21-8/h6H,5H2,1-4H3,(H,18,19,20). The van der Waals surface area contributed by atoms with E-state index in [-0.39, 0.29) is 5.41 Å². The zero-order valence-corrected chi connectivity index (χ0v) is 17.8. The largest absolute Gasteiger partial charge is 0.369 e. The molecule has 3 nitrogen and oxygen atoms in total. The van der Waals surface area contributed by atoms with Gasteiger partial charge in [0.05, 0.1) is 18.8 Å². The molecule has 0 aliphatic heterocycles. The molecule has 1 N–H and O–H groups in total. The first kappa shape index (κ1) is 17.4. The number of hydrogen-bond acceptors (Lipinski definition) is 4. The van der Waals surface area contributed by atoms with Gasteiger partial charge in [-0.3, -0.25) is 0 Å². The fourth-order valence-corrected chi connectivity index (χ4v) is 4.68. The summed E-state index contributed by atoms with van der Waals surface area (Å²) in [5.74, 6) is 1.59. The van der Waals surface area contributed by atoms with Crippen molar-refractivity contribution < 1.29 is 0 Å². The van der Waals surface area contributed by atoms with Crippen molar-refractivity contribution in [2.24, 2.45) is 0 Å². The normalized spacial score (nSPS) is 11.8. The molecule has 2 aromatic heterocycles. The Kier molecular flexibility index (Phi) is 5.50. The minimum absolute atomic E-state index is 0.0631. The van der Waals surface area contributed by atoms with Crippen molar-refractivity contribution in [1.82, 2.24) is 9.97 Å². The molecule has 7 heteroatoms. The first-order valence-corrected chi connectivity index (χ1v) is 9.70. The number of aromatic nitrogens is 2. The van der Waals surface area contributed by atoms with E-state index in [1.807, 2.05) is 6.07 Å². The van der Waals surface area contributed by atoms with Crippen LogP contribution in [-0.4, -0.2) is 16.5 Å². The van der Waals surface area contributed by atoms with Crippen LogP contribution in [0.25, 0.3) is 10.7 Å². The summed E-state index contributed by atoms with van der Waals surface area (Å²) in [4.78, 5) is 10.5. The maximum atomic E-state index is 4.78. The van der Waals surface area contributed by atoms with Crippen LogP contribution in [0.15, 0.2) is 18.8 Å². The van der Waals surface area contributed by atoms with E-state index in [1.165, 1.54) is 0 Å². The van der Waals surface area contributed by atoms with E-state index in [9.17, 15) is 0 Å². The second-order valence-electron chi connectivity index (χ2n) is 5.57. The minimum Gasteiger partial charge on any atom is -0.369 e. The van der Waals surface area contributed by atoms with Crippen molar-refractivity contribution >= 4 is 64.9 Å². The van der Waals surface area contributed by atoms with E-state index < -0.39 is 0 Å². The number of halogens is 3. The van der Waals surface area contributed by atoms with Gasteiger partial charge in [-0.05, 0) is 60.8 Å². The monoisotopic (exact) mass is 495 g/mol. The molecule has 0 aromatic carbocycles. The van der Waals surface area contributed by atoms with Gasteiger partial charge in [-0.1, -0.05) is 20.8 Å². The van der Waals surface area contributed by atoms with Crippen LogP contribution in [0.1, 0.15) is 33.4 Å². The summed E-state index contributed by atoms with van der Waals surface area (Å²) in [6.45, 7) is 9.33. The van der Waals surface area contributed by atoms with Crippen LogP contribution in [0.4, 0.5) is 5.82 Å². The van der Waals surface area contributed by atoms with Gasteiger partial charge in [0.25, 0.3) is 0 Å². The SMILES string of the molecule is CCNc1nc(-c2cc(Br)c(Br)s2)nc(C(C)(C)C)c1Br. The van der Waals surface area contributed by atoms with Gasteiger partial charge in [-0.15, -0.1) is 11.3 Å². The fourth-order valence-electron chi connectivity index (χ4n) is 1.80. The first-order chi connectivity index (χ1) is 9.74. The van der Waals surface area contributed by atoms with Gasteiger partial charge in [-0.2, -0.15) is 0 Å². The van der Waals surface area contributed by atoms with Gasteiger partial charge in [0.1, 0.15) is 5.82 Å². The number of nitrogens with one attached hydrogen (secondary N) is 1. The first-order valence-electron chi connectivity index (χ1n) is 6.51. The van der Waals surface area contributed by atoms with E-state index in [0.717, 1.165) is 41.5 Å². The van der Waals surface area contributed by atoms with E-state index in [4.69, 9.17) is 4.98 Å². The lowest BCUT2D eigenvalue weighted by Crippen LogP contribution is -2.17. The summed E-state index contributed by atoms with van der Waals surface area (Å²) in [5.41, 5.74) is 0.941. The lowest BCUT2D eigenvalue weighted by atomic mass is 9.92. The summed E-state index contributed by atoms with van der Waals surface area (Å²) < 4.78 is 3.01. The fraction of sp³-hybridized carbons (Fsp3) is 0.429. The molecular formula is C14H16Br3N3S. The quantitative estimate of drug-likeness (QED) is 0.546. The zero-order valence-electron chi connectivity index (χ0n) is 12.2. The molecule has 0 saturated heterocycles. The van der Waals surface area contributed by atoms with E-state index in [0.29, 0.717) is 0 Å². The molecule has 0 atom stereocenters. The van der Waals surface area contributed by atoms with Crippen molar-refractivity contribution in [3.05, 3.63) is 24.5 Å². The number of hydrogen-bond donors (Lipinski definition) is 1. The molecule has 2 aromatic rings. The average molecular weight is 498 g/mol. The average Bonchev–Trinajstić information content (AvgIpc) is 2.71. The molecule has 2 rings (SSSR count). The van der Waals surface area contributed by atoms with Gasteiger partial charge in [0.2, 0.25) is 0 Å². The molecule has 21 heavy (non-hydrogen) atoms. The summed E-state index contributed by atoms with van der Waals surface area (Å²) in [6.07, 6.45) is 0. The Bertz CT molecular complexity index is 643. The van der Waals surface area contributed by atoms with Crippen LogP contribution in [0.5, 0.6) is 0 Å². The molecule has 114 valence electrons. The van der Waals surface area contributed by atoms with Gasteiger partial charge in [-0.25, -0.2) is 9.97 Å². The third kappa shape index (κ3) is 3.86. The van der Waals surface area contributed by atoms with Crippen LogP contribution in [0.2, 0.25) is 0 Å². The van der Waals surface area contributed by atoms with Crippen molar-refractivity contribution in [3.8, 4) is 10.7 Å². The van der Waals surface area contributed by atoms with Crippen molar-refractivity contribution in [2.45, 2.75) is 33.1 Å². The van der Waals surface area contributed by atoms with Gasteiger partial charge in [0.15, 0.2) is 5.82 Å². The predicted molar refractivity (Wildman–Crippen MR) is 101 cm³/mol. The third-order valence-corrected chi connectivity index (χ3v) is 6.77. The van der Waals surface area contributed by atoms with Crippen LogP contribution in [-0.2, 0) is 5.41 Å². The van der Waals surface area contributed by atoms with Crippen LogP contribution >= 0.6 is 59.1 Å². The second kappa shape index (κ2) is 6.64. The molecule has 0 amide bonds. The number of nitrogens with zero attached hydrogens (tertiary/aromatic N) is 2. The topological polar surface area (TPSA) is 37.8 Å². The summed E-state index contributed by atoms with van der Waals surface area (Å²) in [6, 6.07) is 2.04. The Balaban J connectivity index is 2.64. The predicted octanol–water partition coefficient (Wildman–Crippen LogP) is 6.22. The molecule has 0 bridgehead atoms. The zero-order chi connectivity index (χ0) is 15.8. The summed E-state index contributed by atoms with van der Waals surface area (Å²) in [7, 11) is 0. The van der Waals surface area contributed by atoms with E-state index in [1.54, 1.807) is 11.3 Å². The lowest BCUT2D eigenvalue weighted by Gasteiger charge is -2.21. The van der Waals surface area contributed by atoms with E-state index in [2.05, 4.69) is 85.8 Å². The van der Waals surface area contributed by atoms with Gasteiger partial charge in [0, 0.05) is 16.4 Å². The highest BCUT2D eigenvalue weighted by atomic mass is 79.9. The Morgan fingerprint density at radius 2 is 1.86 bits per heavy atom. The third-order valence-electron chi connectivity index (χ3n) is 2.77. The molecule has 0 aliphatic rings. The van der Waals surface area contributed by atoms with Crippen molar-refractivity contribution in [3.63, 3.8) is 0 Å². The second-order valence-corrected chi connectivity index (χ2v) is 9.59. The van der Waals surface area contributed by atoms with Crippen molar-refractivity contribution in [2.75, 3.05) is 11.9 Å². The van der Waals surface area contributed by atoms with Crippen LogP contribution < -0.4 is 5.32 Å². The Morgan fingerprint density at radius 3 is 2.33 bits per heavy atom. The van der Waals surface area contributed by atoms with Crippen LogP contribution in [0, 0.1) is 0 Å². The number of rotatable bonds is 3. The number of anilines is 1. The van der Waals surface area contributed by atoms with Gasteiger partial charge >= 0.3 is 0 Å². The lowest BCUT2D eigenvalue weighted by molar-refractivity contribution is 0.564. The highest BCUT2D eigenvalue weighted by Gasteiger charge is 2.24. The molecule has 0 fully saturated rings. The Morgan fingerprint density at radius 1 is 1.19 bits per heavy atom. The molecule has 2 heterocycles.